The van der Waals surface area contributed by atoms with Gasteiger partial charge in [-0.05, 0) is 37.1 Å². The normalized spacial score (nSPS) is 17.2. The van der Waals surface area contributed by atoms with E-state index < -0.39 is 33.1 Å². The van der Waals surface area contributed by atoms with Gasteiger partial charge in [0.25, 0.3) is 5.91 Å². The van der Waals surface area contributed by atoms with Gasteiger partial charge in [0.05, 0.1) is 27.5 Å². The number of hydrogen-bond acceptors (Lipinski definition) is 9. The molecular weight excluding hydrogens is 578 g/mol. The van der Waals surface area contributed by atoms with E-state index in [2.05, 4.69) is 9.97 Å². The Morgan fingerprint density at radius 2 is 1.93 bits per heavy atom. The number of thioether (sulfide) groups is 1. The van der Waals surface area contributed by atoms with Crippen LogP contribution in [0.15, 0.2) is 63.4 Å². The first kappa shape index (κ1) is 28.1. The first-order valence-corrected chi connectivity index (χ1v) is 15.6. The van der Waals surface area contributed by atoms with Crippen molar-refractivity contribution in [1.29, 1.82) is 0 Å². The summed E-state index contributed by atoms with van der Waals surface area (Å²) in [7, 11) is -3.70. The van der Waals surface area contributed by atoms with Crippen molar-refractivity contribution >= 4 is 45.0 Å². The van der Waals surface area contributed by atoms with Crippen LogP contribution in [-0.2, 0) is 21.2 Å². The highest BCUT2D eigenvalue weighted by molar-refractivity contribution is 8.00. The number of aromatic hydroxyl groups is 1. The second-order valence-electron chi connectivity index (χ2n) is 9.39. The van der Waals surface area contributed by atoms with E-state index >= 15 is 0 Å². The Balaban J connectivity index is 1.36. The maximum atomic E-state index is 13.4. The van der Waals surface area contributed by atoms with E-state index in [9.17, 15) is 27.9 Å². The quantitative estimate of drug-likeness (QED) is 0.384. The van der Waals surface area contributed by atoms with Crippen molar-refractivity contribution in [3.63, 3.8) is 0 Å². The van der Waals surface area contributed by atoms with Crippen molar-refractivity contribution < 1.29 is 23.1 Å². The largest absolute Gasteiger partial charge is 0.501 e. The number of benzene rings is 1. The number of amides is 2. The van der Waals surface area contributed by atoms with E-state index in [-0.39, 0.29) is 53.5 Å². The van der Waals surface area contributed by atoms with Crippen LogP contribution in [0.25, 0.3) is 0 Å². The molecule has 3 aromatic rings. The maximum Gasteiger partial charge on any atom is 0.315 e. The highest BCUT2D eigenvalue weighted by Crippen LogP contribution is 2.35. The van der Waals surface area contributed by atoms with Gasteiger partial charge in [-0.25, -0.2) is 8.42 Å². The molecule has 0 aliphatic carbocycles. The number of sulfone groups is 1. The Hall–Kier alpha value is -3.42. The Bertz CT molecular complexity index is 1620. The third-order valence-electron chi connectivity index (χ3n) is 6.96. The third-order valence-corrected chi connectivity index (χ3v) is 10.1. The van der Waals surface area contributed by atoms with E-state index in [1.54, 1.807) is 11.0 Å². The zero-order valence-corrected chi connectivity index (χ0v) is 23.7. The molecule has 0 spiro atoms. The number of carbonyl (C=O) groups excluding carboxylic acids is 2. The van der Waals surface area contributed by atoms with Crippen LogP contribution in [-0.4, -0.2) is 80.8 Å². The molecule has 2 amide bonds. The third kappa shape index (κ3) is 5.58. The molecular formula is C26H26ClN5O6S2. The molecule has 11 nitrogen and oxygen atoms in total. The van der Waals surface area contributed by atoms with Gasteiger partial charge in [-0.2, -0.15) is 4.98 Å². The highest BCUT2D eigenvalue weighted by atomic mass is 35.5. The molecule has 40 heavy (non-hydrogen) atoms. The summed E-state index contributed by atoms with van der Waals surface area (Å²) in [4.78, 5) is 51.0. The second kappa shape index (κ2) is 11.6. The van der Waals surface area contributed by atoms with Gasteiger partial charge in [0.2, 0.25) is 11.7 Å². The lowest BCUT2D eigenvalue weighted by Crippen LogP contribution is -2.46. The molecule has 2 aliphatic rings. The number of aromatic nitrogens is 3. The van der Waals surface area contributed by atoms with Crippen LogP contribution in [0.2, 0.25) is 5.02 Å². The maximum absolute atomic E-state index is 13.4. The van der Waals surface area contributed by atoms with Gasteiger partial charge in [0.15, 0.2) is 15.5 Å². The van der Waals surface area contributed by atoms with Crippen LogP contribution in [0.1, 0.15) is 35.2 Å². The smallest absolute Gasteiger partial charge is 0.315 e. The predicted molar refractivity (Wildman–Crippen MR) is 148 cm³/mol. The van der Waals surface area contributed by atoms with Crippen molar-refractivity contribution in [2.75, 3.05) is 31.1 Å². The summed E-state index contributed by atoms with van der Waals surface area (Å²) < 4.78 is 26.9. The Morgan fingerprint density at radius 3 is 2.67 bits per heavy atom. The number of fused-ring (bicyclic) bond motifs is 1. The summed E-state index contributed by atoms with van der Waals surface area (Å²) in [6.45, 7) is 0.658. The molecule has 0 bridgehead atoms. The number of pyridine rings is 1. The molecule has 0 saturated carbocycles. The lowest BCUT2D eigenvalue weighted by Gasteiger charge is -2.33. The summed E-state index contributed by atoms with van der Waals surface area (Å²) in [6, 6.07) is 9.63. The first-order valence-electron chi connectivity index (χ1n) is 12.6. The lowest BCUT2D eigenvalue weighted by atomic mass is 10.1. The topological polar surface area (TPSA) is 143 Å². The van der Waals surface area contributed by atoms with Crippen LogP contribution in [0, 0.1) is 0 Å². The molecule has 210 valence electrons. The van der Waals surface area contributed by atoms with Gasteiger partial charge in [0.1, 0.15) is 5.82 Å². The van der Waals surface area contributed by atoms with Crippen LogP contribution in [0.5, 0.6) is 5.75 Å². The molecule has 2 aromatic heterocycles. The summed E-state index contributed by atoms with van der Waals surface area (Å²) in [5.41, 5.74) is -1.21. The monoisotopic (exact) mass is 603 g/mol. The average Bonchev–Trinajstić information content (AvgIpc) is 3.44. The molecule has 2 aliphatic heterocycles. The van der Waals surface area contributed by atoms with Crippen LogP contribution >= 0.6 is 23.4 Å². The van der Waals surface area contributed by atoms with Crippen molar-refractivity contribution in [3.05, 3.63) is 75.7 Å². The Morgan fingerprint density at radius 1 is 1.12 bits per heavy atom. The Labute approximate surface area is 239 Å². The minimum atomic E-state index is -3.70. The van der Waals surface area contributed by atoms with Crippen LogP contribution in [0.3, 0.4) is 0 Å². The van der Waals surface area contributed by atoms with Crippen molar-refractivity contribution in [2.24, 2.45) is 0 Å². The van der Waals surface area contributed by atoms with Crippen LogP contribution in [0.4, 0.5) is 0 Å². The average molecular weight is 604 g/mol. The van der Waals surface area contributed by atoms with Gasteiger partial charge in [-0.1, -0.05) is 23.7 Å². The summed E-state index contributed by atoms with van der Waals surface area (Å²) in [5.74, 6) is -1.60. The number of likely N-dealkylation sites (tertiary alicyclic amines) is 1. The molecule has 0 radical (unpaired) electrons. The van der Waals surface area contributed by atoms with Gasteiger partial charge in [-0.3, -0.25) is 19.4 Å². The van der Waals surface area contributed by atoms with Crippen LogP contribution < -0.4 is 5.56 Å². The standard InChI is InChI=1S/C26H26ClN5O6S2/c27-18-6-1-2-8-20(18)39-16-21(33)31-10-4-7-19(31)24-29-25(35)23(34)22-26(36)30(11-12-32(22)24)13-14-40(37,38)17-5-3-9-28-15-17/h1-3,5-6,8-9,15,19,34H,4,7,10-14,16H2/t19-/m0/s1. The fourth-order valence-corrected chi connectivity index (χ4v) is 7.27. The fourth-order valence-electron chi connectivity index (χ4n) is 4.94. The lowest BCUT2D eigenvalue weighted by molar-refractivity contribution is -0.129. The van der Waals surface area contributed by atoms with Gasteiger partial charge in [-0.15, -0.1) is 11.8 Å². The molecule has 0 unspecified atom stereocenters. The van der Waals surface area contributed by atoms with E-state index in [4.69, 9.17) is 11.6 Å². The molecule has 5 rings (SSSR count). The number of rotatable bonds is 8. The van der Waals surface area contributed by atoms with E-state index in [1.807, 2.05) is 18.2 Å². The van der Waals surface area contributed by atoms with E-state index in [1.165, 1.54) is 45.8 Å². The first-order chi connectivity index (χ1) is 19.2. The van der Waals surface area contributed by atoms with E-state index in [0.29, 0.717) is 24.4 Å². The van der Waals surface area contributed by atoms with Crippen molar-refractivity contribution in [2.45, 2.75) is 35.2 Å². The van der Waals surface area contributed by atoms with Gasteiger partial charge in [0, 0.05) is 43.5 Å². The SMILES string of the molecule is O=C1c2c(O)c(=O)nc([C@@H]3CCCN3C(=O)CSc3ccccc3Cl)n2CCN1CCS(=O)(=O)c1cccnc1. The van der Waals surface area contributed by atoms with Crippen molar-refractivity contribution in [3.8, 4) is 5.75 Å². The molecule has 1 fully saturated rings. The zero-order chi connectivity index (χ0) is 28.4. The molecule has 1 saturated heterocycles. The molecule has 1 aromatic carbocycles. The van der Waals surface area contributed by atoms with Gasteiger partial charge < -0.3 is 19.5 Å². The fraction of sp³-hybridized carbons (Fsp3) is 0.346. The number of hydrogen-bond donors (Lipinski definition) is 1. The summed E-state index contributed by atoms with van der Waals surface area (Å²) in [6.07, 6.45) is 3.94. The molecule has 4 heterocycles. The van der Waals surface area contributed by atoms with Crippen molar-refractivity contribution in [1.82, 2.24) is 24.3 Å². The van der Waals surface area contributed by atoms with E-state index in [0.717, 1.165) is 4.90 Å². The zero-order valence-electron chi connectivity index (χ0n) is 21.3. The summed E-state index contributed by atoms with van der Waals surface area (Å²) in [5, 5.41) is 11.1. The molecule has 1 atom stereocenters. The number of halogens is 1. The highest BCUT2D eigenvalue weighted by Gasteiger charge is 2.38. The summed E-state index contributed by atoms with van der Waals surface area (Å²) >= 11 is 7.53. The molecule has 14 heteroatoms. The van der Waals surface area contributed by atoms with Gasteiger partial charge >= 0.3 is 5.56 Å². The predicted octanol–water partition coefficient (Wildman–Crippen LogP) is 2.38. The minimum absolute atomic E-state index is 0.0455. The Kier molecular flexibility index (Phi) is 8.15. The molecule has 1 N–H and O–H groups in total. The number of carbonyl (C=O) groups is 2. The number of nitrogens with zero attached hydrogens (tertiary/aromatic N) is 5. The second-order valence-corrected chi connectivity index (χ2v) is 12.9. The minimum Gasteiger partial charge on any atom is -0.501 e.